The second-order valence-electron chi connectivity index (χ2n) is 6.54. The lowest BCUT2D eigenvalue weighted by atomic mass is 10.1. The number of fused-ring (bicyclic) bond motifs is 1. The fourth-order valence-corrected chi connectivity index (χ4v) is 4.38. The second-order valence-corrected chi connectivity index (χ2v) is 8.49. The molecule has 30 heavy (non-hydrogen) atoms. The zero-order valence-electron chi connectivity index (χ0n) is 15.9. The van der Waals surface area contributed by atoms with E-state index in [0.717, 1.165) is 0 Å². The Kier molecular flexibility index (Phi) is 4.93. The summed E-state index contributed by atoms with van der Waals surface area (Å²) in [4.78, 5) is 20.2. The van der Waals surface area contributed by atoms with E-state index in [2.05, 4.69) is 9.97 Å². The lowest BCUT2D eigenvalue weighted by molar-refractivity contribution is -0.131. The zero-order valence-corrected chi connectivity index (χ0v) is 16.8. The summed E-state index contributed by atoms with van der Waals surface area (Å²) in [6.45, 7) is 1.32. The molecule has 0 radical (unpaired) electrons. The number of nitrogens with zero attached hydrogens (tertiary/aromatic N) is 2. The largest absolute Gasteiger partial charge is 0.427 e. The highest BCUT2D eigenvalue weighted by Gasteiger charge is 2.18. The van der Waals surface area contributed by atoms with Crippen LogP contribution >= 0.6 is 0 Å². The molecule has 0 unspecified atom stereocenters. The summed E-state index contributed by atoms with van der Waals surface area (Å²) in [6.07, 6.45) is 0. The Morgan fingerprint density at radius 3 is 2.23 bits per heavy atom. The van der Waals surface area contributed by atoms with Crippen LogP contribution in [0.5, 0.6) is 5.75 Å². The van der Waals surface area contributed by atoms with Gasteiger partial charge in [0.1, 0.15) is 5.75 Å². The first-order valence-corrected chi connectivity index (χ1v) is 10.5. The first-order valence-electron chi connectivity index (χ1n) is 9.01. The van der Waals surface area contributed by atoms with Crippen molar-refractivity contribution in [2.45, 2.75) is 16.7 Å². The van der Waals surface area contributed by atoms with Gasteiger partial charge in [-0.15, -0.1) is 0 Å². The van der Waals surface area contributed by atoms with Crippen molar-refractivity contribution in [1.82, 2.24) is 9.97 Å². The summed E-state index contributed by atoms with van der Waals surface area (Å²) in [5, 5.41) is 0.626. The minimum atomic E-state index is -3.62. The molecule has 0 aliphatic carbocycles. The Morgan fingerprint density at radius 1 is 0.900 bits per heavy atom. The molecule has 0 saturated heterocycles. The average molecular weight is 419 g/mol. The van der Waals surface area contributed by atoms with E-state index in [1.165, 1.54) is 19.1 Å². The predicted octanol–water partition coefficient (Wildman–Crippen LogP) is 3.64. The van der Waals surface area contributed by atoms with Gasteiger partial charge in [0.2, 0.25) is 15.8 Å². The van der Waals surface area contributed by atoms with Crippen LogP contribution < -0.4 is 10.5 Å². The molecule has 4 rings (SSSR count). The fraction of sp³-hybridized carbons (Fsp3) is 0.0455. The molecule has 0 saturated carbocycles. The Labute approximate surface area is 173 Å². The van der Waals surface area contributed by atoms with Crippen LogP contribution in [0.15, 0.2) is 82.6 Å². The molecule has 2 N–H and O–H groups in total. The monoisotopic (exact) mass is 419 g/mol. The van der Waals surface area contributed by atoms with Gasteiger partial charge in [0.15, 0.2) is 0 Å². The van der Waals surface area contributed by atoms with Gasteiger partial charge in [-0.3, -0.25) is 4.79 Å². The number of benzene rings is 3. The van der Waals surface area contributed by atoms with E-state index in [0.29, 0.717) is 27.9 Å². The van der Waals surface area contributed by atoms with Crippen molar-refractivity contribution in [1.29, 1.82) is 0 Å². The molecule has 8 heteroatoms. The third kappa shape index (κ3) is 3.72. The van der Waals surface area contributed by atoms with Crippen LogP contribution in [-0.4, -0.2) is 24.4 Å². The molecular formula is C22H17N3O4S. The third-order valence-corrected chi connectivity index (χ3v) is 6.22. The topological polar surface area (TPSA) is 112 Å². The van der Waals surface area contributed by atoms with Crippen molar-refractivity contribution in [3.05, 3.63) is 72.8 Å². The minimum absolute atomic E-state index is 0.0821. The summed E-state index contributed by atoms with van der Waals surface area (Å²) >= 11 is 0. The SMILES string of the molecule is CC(=O)Oc1ccc2nc(N)nc(-c3ccc(S(=O)(=O)c4ccccc4)cc3)c2c1. The molecule has 0 spiro atoms. The summed E-state index contributed by atoms with van der Waals surface area (Å²) in [6, 6.07) is 19.6. The van der Waals surface area contributed by atoms with E-state index in [-0.39, 0.29) is 15.7 Å². The quantitative estimate of drug-likeness (QED) is 0.397. The van der Waals surface area contributed by atoms with Crippen LogP contribution in [0.25, 0.3) is 22.2 Å². The molecule has 3 aromatic carbocycles. The van der Waals surface area contributed by atoms with Crippen molar-refractivity contribution in [3.8, 4) is 17.0 Å². The number of ether oxygens (including phenoxy) is 1. The number of anilines is 1. The van der Waals surface area contributed by atoms with Gasteiger partial charge in [-0.1, -0.05) is 30.3 Å². The van der Waals surface area contributed by atoms with Gasteiger partial charge in [-0.05, 0) is 42.5 Å². The van der Waals surface area contributed by atoms with Crippen LogP contribution in [0.2, 0.25) is 0 Å². The Bertz CT molecular complexity index is 1350. The molecule has 0 aliphatic rings. The van der Waals surface area contributed by atoms with Crippen LogP contribution in [0.1, 0.15) is 6.92 Å². The van der Waals surface area contributed by atoms with Crippen LogP contribution in [-0.2, 0) is 14.6 Å². The molecule has 0 bridgehead atoms. The van der Waals surface area contributed by atoms with E-state index < -0.39 is 15.8 Å². The van der Waals surface area contributed by atoms with E-state index >= 15 is 0 Å². The predicted molar refractivity (Wildman–Crippen MR) is 113 cm³/mol. The van der Waals surface area contributed by atoms with E-state index in [1.54, 1.807) is 60.7 Å². The number of sulfone groups is 1. The van der Waals surface area contributed by atoms with Gasteiger partial charge in [0, 0.05) is 17.9 Å². The van der Waals surface area contributed by atoms with Gasteiger partial charge in [0.05, 0.1) is 21.0 Å². The molecule has 150 valence electrons. The van der Waals surface area contributed by atoms with Crippen molar-refractivity contribution in [3.63, 3.8) is 0 Å². The maximum Gasteiger partial charge on any atom is 0.308 e. The number of carbonyl (C=O) groups excluding carboxylic acids is 1. The van der Waals surface area contributed by atoms with Crippen molar-refractivity contribution in [2.24, 2.45) is 0 Å². The number of hydrogen-bond donors (Lipinski definition) is 1. The average Bonchev–Trinajstić information content (AvgIpc) is 2.74. The number of hydrogen-bond acceptors (Lipinski definition) is 7. The highest BCUT2D eigenvalue weighted by molar-refractivity contribution is 7.91. The molecule has 0 aliphatic heterocycles. The van der Waals surface area contributed by atoms with E-state index in [1.807, 2.05) is 0 Å². The number of nitrogen functional groups attached to an aromatic ring is 1. The molecular weight excluding hydrogens is 402 g/mol. The van der Waals surface area contributed by atoms with Gasteiger partial charge >= 0.3 is 5.97 Å². The lowest BCUT2D eigenvalue weighted by Crippen LogP contribution is -2.03. The molecule has 0 atom stereocenters. The molecule has 1 heterocycles. The van der Waals surface area contributed by atoms with E-state index in [4.69, 9.17) is 10.5 Å². The van der Waals surface area contributed by atoms with Gasteiger partial charge < -0.3 is 10.5 Å². The zero-order chi connectivity index (χ0) is 21.3. The Balaban J connectivity index is 1.80. The summed E-state index contributed by atoms with van der Waals surface area (Å²) in [7, 11) is -3.62. The van der Waals surface area contributed by atoms with E-state index in [9.17, 15) is 13.2 Å². The van der Waals surface area contributed by atoms with Gasteiger partial charge in [-0.2, -0.15) is 0 Å². The highest BCUT2D eigenvalue weighted by Crippen LogP contribution is 2.31. The summed E-state index contributed by atoms with van der Waals surface area (Å²) < 4.78 is 30.8. The Hall–Kier alpha value is -3.78. The minimum Gasteiger partial charge on any atom is -0.427 e. The van der Waals surface area contributed by atoms with Crippen LogP contribution in [0.3, 0.4) is 0 Å². The maximum absolute atomic E-state index is 12.8. The third-order valence-electron chi connectivity index (χ3n) is 4.44. The molecule has 1 aromatic heterocycles. The number of esters is 1. The molecule has 4 aromatic rings. The highest BCUT2D eigenvalue weighted by atomic mass is 32.2. The van der Waals surface area contributed by atoms with Crippen molar-refractivity contribution < 1.29 is 17.9 Å². The standard InChI is InChI=1S/C22H17N3O4S/c1-14(26)29-16-9-12-20-19(13-16)21(25-22(23)24-20)15-7-10-18(11-8-15)30(27,28)17-5-3-2-4-6-17/h2-13H,1H3,(H2,23,24,25). The lowest BCUT2D eigenvalue weighted by Gasteiger charge is -2.10. The van der Waals surface area contributed by atoms with Crippen LogP contribution in [0, 0.1) is 0 Å². The van der Waals surface area contributed by atoms with Crippen molar-refractivity contribution >= 4 is 32.7 Å². The molecule has 7 nitrogen and oxygen atoms in total. The van der Waals surface area contributed by atoms with Crippen LogP contribution in [0.4, 0.5) is 5.95 Å². The first-order chi connectivity index (χ1) is 14.3. The number of nitrogens with two attached hydrogens (primary N) is 1. The van der Waals surface area contributed by atoms with Crippen molar-refractivity contribution in [2.75, 3.05) is 5.73 Å². The normalized spacial score (nSPS) is 11.4. The van der Waals surface area contributed by atoms with Gasteiger partial charge in [0.25, 0.3) is 0 Å². The smallest absolute Gasteiger partial charge is 0.308 e. The number of aromatic nitrogens is 2. The first kappa shape index (κ1) is 19.5. The molecule has 0 amide bonds. The maximum atomic E-state index is 12.8. The Morgan fingerprint density at radius 2 is 1.57 bits per heavy atom. The second kappa shape index (κ2) is 7.57. The fourth-order valence-electron chi connectivity index (χ4n) is 3.10. The molecule has 0 fully saturated rings. The number of rotatable bonds is 4. The summed E-state index contributed by atoms with van der Waals surface area (Å²) in [5.41, 5.74) is 7.59. The summed E-state index contributed by atoms with van der Waals surface area (Å²) in [5.74, 6) is -0.00523. The number of carbonyl (C=O) groups is 1. The van der Waals surface area contributed by atoms with Gasteiger partial charge in [-0.25, -0.2) is 18.4 Å².